The number of benzene rings is 3. The normalized spacial score (nSPS) is 10.7. The molecule has 0 aliphatic carbocycles. The van der Waals surface area contributed by atoms with E-state index in [0.717, 1.165) is 11.3 Å². The SMILES string of the molecule is CCOc1ccccc1NC(=O)CSc1nnc(-c2ccc(F)cc2)n1-c1ccccc1. The minimum Gasteiger partial charge on any atom is -0.492 e. The second kappa shape index (κ2) is 10.1. The first kappa shape index (κ1) is 21.6. The Kier molecular flexibility index (Phi) is 6.81. The fourth-order valence-corrected chi connectivity index (χ4v) is 3.88. The Morgan fingerprint density at radius 1 is 1.00 bits per heavy atom. The molecular weight excluding hydrogens is 427 g/mol. The van der Waals surface area contributed by atoms with Crippen LogP contribution in [0.1, 0.15) is 6.92 Å². The minimum atomic E-state index is -0.321. The molecule has 0 saturated heterocycles. The maximum atomic E-state index is 13.4. The zero-order chi connectivity index (χ0) is 22.3. The molecule has 0 atom stereocenters. The fourth-order valence-electron chi connectivity index (χ4n) is 3.13. The molecule has 0 saturated carbocycles. The van der Waals surface area contributed by atoms with Gasteiger partial charge in [-0.2, -0.15) is 0 Å². The molecule has 4 aromatic rings. The number of hydrogen-bond donors (Lipinski definition) is 1. The Balaban J connectivity index is 1.56. The zero-order valence-corrected chi connectivity index (χ0v) is 18.2. The standard InChI is InChI=1S/C24H21FN4O2S/c1-2-31-21-11-7-6-10-20(21)26-22(30)16-32-24-28-27-23(17-12-14-18(25)15-13-17)29(24)19-8-4-3-5-9-19/h3-15H,2,16H2,1H3,(H,26,30). The fraction of sp³-hybridized carbons (Fsp3) is 0.125. The number of ether oxygens (including phenoxy) is 1. The Labute approximate surface area is 189 Å². The number of nitrogens with one attached hydrogen (secondary N) is 1. The van der Waals surface area contributed by atoms with Crippen LogP contribution in [0, 0.1) is 5.82 Å². The number of aromatic nitrogens is 3. The van der Waals surface area contributed by atoms with Crippen LogP contribution in [0.25, 0.3) is 17.1 Å². The highest BCUT2D eigenvalue weighted by molar-refractivity contribution is 7.99. The molecule has 1 amide bonds. The molecule has 0 spiro atoms. The Hall–Kier alpha value is -3.65. The van der Waals surface area contributed by atoms with Gasteiger partial charge in [0.25, 0.3) is 0 Å². The quantitative estimate of drug-likeness (QED) is 0.375. The maximum Gasteiger partial charge on any atom is 0.234 e. The number of carbonyl (C=O) groups is 1. The van der Waals surface area contributed by atoms with Crippen LogP contribution >= 0.6 is 11.8 Å². The minimum absolute atomic E-state index is 0.134. The van der Waals surface area contributed by atoms with Crippen molar-refractivity contribution in [3.63, 3.8) is 0 Å². The van der Waals surface area contributed by atoms with Gasteiger partial charge in [-0.25, -0.2) is 4.39 Å². The molecule has 4 rings (SSSR count). The Morgan fingerprint density at radius 2 is 1.72 bits per heavy atom. The lowest BCUT2D eigenvalue weighted by atomic mass is 10.2. The van der Waals surface area contributed by atoms with Crippen LogP contribution in [0.15, 0.2) is 84.0 Å². The van der Waals surface area contributed by atoms with Gasteiger partial charge in [0, 0.05) is 11.3 Å². The van der Waals surface area contributed by atoms with E-state index in [2.05, 4.69) is 15.5 Å². The number of rotatable bonds is 8. The number of carbonyl (C=O) groups excluding carboxylic acids is 1. The van der Waals surface area contributed by atoms with Crippen molar-refractivity contribution in [2.75, 3.05) is 17.7 Å². The second-order valence-corrected chi connectivity index (χ2v) is 7.69. The van der Waals surface area contributed by atoms with Gasteiger partial charge in [-0.05, 0) is 55.5 Å². The first-order chi connectivity index (χ1) is 15.7. The summed E-state index contributed by atoms with van der Waals surface area (Å²) in [6, 6.07) is 23.0. The molecule has 0 bridgehead atoms. The third-order valence-corrected chi connectivity index (χ3v) is 5.47. The molecule has 0 aliphatic rings. The molecule has 8 heteroatoms. The largest absolute Gasteiger partial charge is 0.492 e. The van der Waals surface area contributed by atoms with Gasteiger partial charge in [0.05, 0.1) is 18.0 Å². The first-order valence-corrected chi connectivity index (χ1v) is 11.1. The van der Waals surface area contributed by atoms with E-state index < -0.39 is 0 Å². The summed E-state index contributed by atoms with van der Waals surface area (Å²) in [5.41, 5.74) is 2.20. The number of hydrogen-bond acceptors (Lipinski definition) is 5. The number of nitrogens with zero attached hydrogens (tertiary/aromatic N) is 3. The van der Waals surface area contributed by atoms with Gasteiger partial charge in [0.15, 0.2) is 11.0 Å². The summed E-state index contributed by atoms with van der Waals surface area (Å²) in [6.45, 7) is 2.40. The van der Waals surface area contributed by atoms with Crippen LogP contribution in [0.2, 0.25) is 0 Å². The van der Waals surface area contributed by atoms with E-state index in [0.29, 0.717) is 29.0 Å². The number of para-hydroxylation sites is 3. The van der Waals surface area contributed by atoms with Gasteiger partial charge in [0.1, 0.15) is 11.6 Å². The van der Waals surface area contributed by atoms with E-state index in [4.69, 9.17) is 4.74 Å². The summed E-state index contributed by atoms with van der Waals surface area (Å²) in [6.07, 6.45) is 0. The van der Waals surface area contributed by atoms with Gasteiger partial charge in [-0.1, -0.05) is 42.1 Å². The smallest absolute Gasteiger partial charge is 0.234 e. The van der Waals surface area contributed by atoms with E-state index in [1.807, 2.05) is 60.0 Å². The van der Waals surface area contributed by atoms with E-state index >= 15 is 0 Å². The summed E-state index contributed by atoms with van der Waals surface area (Å²) < 4.78 is 20.8. The topological polar surface area (TPSA) is 69.0 Å². The molecule has 162 valence electrons. The summed E-state index contributed by atoms with van der Waals surface area (Å²) >= 11 is 1.27. The molecule has 1 heterocycles. The highest BCUT2D eigenvalue weighted by Gasteiger charge is 2.18. The molecule has 1 aromatic heterocycles. The predicted octanol–water partition coefficient (Wildman–Crippen LogP) is 5.20. The van der Waals surface area contributed by atoms with Gasteiger partial charge in [-0.15, -0.1) is 10.2 Å². The van der Waals surface area contributed by atoms with E-state index in [1.54, 1.807) is 18.2 Å². The lowest BCUT2D eigenvalue weighted by molar-refractivity contribution is -0.113. The summed E-state index contributed by atoms with van der Waals surface area (Å²) in [7, 11) is 0. The molecule has 32 heavy (non-hydrogen) atoms. The van der Waals surface area contributed by atoms with Crippen molar-refractivity contribution in [1.82, 2.24) is 14.8 Å². The van der Waals surface area contributed by atoms with Gasteiger partial charge in [-0.3, -0.25) is 9.36 Å². The van der Waals surface area contributed by atoms with Crippen molar-refractivity contribution in [3.8, 4) is 22.8 Å². The lowest BCUT2D eigenvalue weighted by Crippen LogP contribution is -2.15. The van der Waals surface area contributed by atoms with Crippen LogP contribution < -0.4 is 10.1 Å². The molecule has 1 N–H and O–H groups in total. The Bertz CT molecular complexity index is 1200. The molecule has 0 unspecified atom stereocenters. The highest BCUT2D eigenvalue weighted by atomic mass is 32.2. The second-order valence-electron chi connectivity index (χ2n) is 6.75. The van der Waals surface area contributed by atoms with Gasteiger partial charge < -0.3 is 10.1 Å². The molecule has 0 radical (unpaired) electrons. The number of anilines is 1. The van der Waals surface area contributed by atoms with Crippen molar-refractivity contribution in [3.05, 3.63) is 84.7 Å². The third kappa shape index (κ3) is 4.97. The van der Waals surface area contributed by atoms with Crippen LogP contribution in [0.5, 0.6) is 5.75 Å². The Morgan fingerprint density at radius 3 is 2.47 bits per heavy atom. The number of halogens is 1. The summed E-state index contributed by atoms with van der Waals surface area (Å²) in [5, 5.41) is 12.1. The number of amides is 1. The van der Waals surface area contributed by atoms with Crippen molar-refractivity contribution < 1.29 is 13.9 Å². The molecule has 3 aromatic carbocycles. The van der Waals surface area contributed by atoms with Gasteiger partial charge >= 0.3 is 0 Å². The summed E-state index contributed by atoms with van der Waals surface area (Å²) in [4.78, 5) is 12.6. The third-order valence-electron chi connectivity index (χ3n) is 4.54. The van der Waals surface area contributed by atoms with E-state index in [9.17, 15) is 9.18 Å². The van der Waals surface area contributed by atoms with Crippen LogP contribution in [-0.4, -0.2) is 33.0 Å². The van der Waals surface area contributed by atoms with Crippen LogP contribution in [0.4, 0.5) is 10.1 Å². The number of thioether (sulfide) groups is 1. The van der Waals surface area contributed by atoms with Crippen molar-refractivity contribution in [1.29, 1.82) is 0 Å². The molecule has 0 aliphatic heterocycles. The van der Waals surface area contributed by atoms with E-state index in [-0.39, 0.29) is 17.5 Å². The predicted molar refractivity (Wildman–Crippen MR) is 124 cm³/mol. The van der Waals surface area contributed by atoms with Crippen LogP contribution in [0.3, 0.4) is 0 Å². The van der Waals surface area contributed by atoms with Crippen molar-refractivity contribution >= 4 is 23.4 Å². The molecular formula is C24H21FN4O2S. The zero-order valence-electron chi connectivity index (χ0n) is 17.4. The maximum absolute atomic E-state index is 13.4. The first-order valence-electron chi connectivity index (χ1n) is 10.1. The average Bonchev–Trinajstić information content (AvgIpc) is 3.24. The van der Waals surface area contributed by atoms with E-state index in [1.165, 1.54) is 23.9 Å². The molecule has 6 nitrogen and oxygen atoms in total. The molecule has 0 fully saturated rings. The van der Waals surface area contributed by atoms with Crippen LogP contribution in [-0.2, 0) is 4.79 Å². The monoisotopic (exact) mass is 448 g/mol. The average molecular weight is 449 g/mol. The van der Waals surface area contributed by atoms with Crippen molar-refractivity contribution in [2.45, 2.75) is 12.1 Å². The summed E-state index contributed by atoms with van der Waals surface area (Å²) in [5.74, 6) is 0.820. The highest BCUT2D eigenvalue weighted by Crippen LogP contribution is 2.29. The lowest BCUT2D eigenvalue weighted by Gasteiger charge is -2.12. The van der Waals surface area contributed by atoms with Crippen molar-refractivity contribution in [2.24, 2.45) is 0 Å². The van der Waals surface area contributed by atoms with Gasteiger partial charge in [0.2, 0.25) is 5.91 Å².